The Morgan fingerprint density at radius 2 is 2.24 bits per heavy atom. The van der Waals surface area contributed by atoms with Gasteiger partial charge < -0.3 is 13.8 Å². The summed E-state index contributed by atoms with van der Waals surface area (Å²) < 4.78 is 13.0. The van der Waals surface area contributed by atoms with Crippen LogP contribution in [-0.2, 0) is 7.05 Å². The molecular formula is C14H13N3O3S. The van der Waals surface area contributed by atoms with Crippen LogP contribution in [0, 0.1) is 6.92 Å². The zero-order chi connectivity index (χ0) is 15.0. The molecule has 108 valence electrons. The number of carbonyl (C=O) groups is 1. The lowest BCUT2D eigenvalue weighted by atomic mass is 10.3. The predicted molar refractivity (Wildman–Crippen MR) is 78.5 cm³/mol. The predicted octanol–water partition coefficient (Wildman–Crippen LogP) is 2.29. The molecule has 1 amide bonds. The van der Waals surface area contributed by atoms with Crippen LogP contribution in [0.3, 0.4) is 0 Å². The van der Waals surface area contributed by atoms with Crippen LogP contribution < -0.4 is 9.54 Å². The maximum Gasteiger partial charge on any atom is 0.301 e. The van der Waals surface area contributed by atoms with Crippen molar-refractivity contribution in [1.82, 2.24) is 9.72 Å². The fourth-order valence-corrected chi connectivity index (χ4v) is 3.00. The minimum atomic E-state index is -0.416. The number of fused-ring (bicyclic) bond motifs is 1. The SMILES string of the molecule is COc1ccc2c(c1)sc(=NC(=O)c1cc(C)on1)n2C. The lowest BCUT2D eigenvalue weighted by Crippen LogP contribution is -2.13. The number of hydrogen-bond donors (Lipinski definition) is 0. The molecule has 0 atom stereocenters. The molecule has 0 aliphatic carbocycles. The second-order valence-corrected chi connectivity index (χ2v) is 5.53. The molecule has 0 N–H and O–H groups in total. The molecular weight excluding hydrogens is 290 g/mol. The smallest absolute Gasteiger partial charge is 0.301 e. The summed E-state index contributed by atoms with van der Waals surface area (Å²) in [5.41, 5.74) is 1.20. The summed E-state index contributed by atoms with van der Waals surface area (Å²) in [6.07, 6.45) is 0. The van der Waals surface area contributed by atoms with Gasteiger partial charge in [0.25, 0.3) is 0 Å². The highest BCUT2D eigenvalue weighted by Crippen LogP contribution is 2.22. The Balaban J connectivity index is 2.09. The molecule has 0 saturated carbocycles. The third-order valence-corrected chi connectivity index (χ3v) is 4.16. The number of aryl methyl sites for hydroxylation is 2. The van der Waals surface area contributed by atoms with Gasteiger partial charge in [-0.3, -0.25) is 4.79 Å². The van der Waals surface area contributed by atoms with Crippen molar-refractivity contribution in [3.63, 3.8) is 0 Å². The van der Waals surface area contributed by atoms with E-state index in [0.29, 0.717) is 10.6 Å². The van der Waals surface area contributed by atoms with E-state index in [2.05, 4.69) is 10.1 Å². The Labute approximate surface area is 124 Å². The zero-order valence-corrected chi connectivity index (χ0v) is 12.6. The van der Waals surface area contributed by atoms with E-state index in [1.54, 1.807) is 20.1 Å². The second-order valence-electron chi connectivity index (χ2n) is 4.52. The highest BCUT2D eigenvalue weighted by Gasteiger charge is 2.11. The zero-order valence-electron chi connectivity index (χ0n) is 11.8. The topological polar surface area (TPSA) is 69.6 Å². The molecule has 0 fully saturated rings. The molecule has 6 nitrogen and oxygen atoms in total. The molecule has 2 heterocycles. The number of ether oxygens (including phenoxy) is 1. The van der Waals surface area contributed by atoms with Crippen LogP contribution in [0.1, 0.15) is 16.2 Å². The summed E-state index contributed by atoms with van der Waals surface area (Å²) in [5, 5.41) is 3.68. The van der Waals surface area contributed by atoms with Crippen molar-refractivity contribution in [2.75, 3.05) is 7.11 Å². The fraction of sp³-hybridized carbons (Fsp3) is 0.214. The molecule has 0 radical (unpaired) electrons. The van der Waals surface area contributed by atoms with E-state index in [4.69, 9.17) is 9.26 Å². The van der Waals surface area contributed by atoms with Crippen molar-refractivity contribution in [2.45, 2.75) is 6.92 Å². The van der Waals surface area contributed by atoms with Crippen molar-refractivity contribution >= 4 is 27.5 Å². The van der Waals surface area contributed by atoms with Crippen LogP contribution in [0.4, 0.5) is 0 Å². The lowest BCUT2D eigenvalue weighted by Gasteiger charge is -1.99. The summed E-state index contributed by atoms with van der Waals surface area (Å²) in [6, 6.07) is 7.31. The van der Waals surface area contributed by atoms with Crippen molar-refractivity contribution in [3.05, 3.63) is 40.5 Å². The first-order chi connectivity index (χ1) is 10.1. The lowest BCUT2D eigenvalue weighted by molar-refractivity contribution is 0.0989. The number of hydrogen-bond acceptors (Lipinski definition) is 5. The number of methoxy groups -OCH3 is 1. The van der Waals surface area contributed by atoms with Gasteiger partial charge in [-0.15, -0.1) is 0 Å². The molecule has 0 unspecified atom stereocenters. The number of thiazole rings is 1. The Morgan fingerprint density at radius 3 is 2.90 bits per heavy atom. The summed E-state index contributed by atoms with van der Waals surface area (Å²) in [7, 11) is 3.49. The Morgan fingerprint density at radius 1 is 1.43 bits per heavy atom. The van der Waals surface area contributed by atoms with Gasteiger partial charge in [0.05, 0.1) is 17.3 Å². The van der Waals surface area contributed by atoms with Crippen LogP contribution in [0.5, 0.6) is 5.75 Å². The van der Waals surface area contributed by atoms with Gasteiger partial charge in [0, 0.05) is 13.1 Å². The van der Waals surface area contributed by atoms with Gasteiger partial charge in [0.15, 0.2) is 10.5 Å². The van der Waals surface area contributed by atoms with E-state index >= 15 is 0 Å². The first-order valence-electron chi connectivity index (χ1n) is 6.24. The van der Waals surface area contributed by atoms with Gasteiger partial charge in [-0.2, -0.15) is 4.99 Å². The van der Waals surface area contributed by atoms with Crippen molar-refractivity contribution in [1.29, 1.82) is 0 Å². The van der Waals surface area contributed by atoms with E-state index in [-0.39, 0.29) is 5.69 Å². The van der Waals surface area contributed by atoms with Crippen LogP contribution in [-0.4, -0.2) is 22.7 Å². The van der Waals surface area contributed by atoms with Crippen LogP contribution in [0.25, 0.3) is 10.2 Å². The highest BCUT2D eigenvalue weighted by atomic mass is 32.1. The maximum absolute atomic E-state index is 12.1. The summed E-state index contributed by atoms with van der Waals surface area (Å²) in [5.74, 6) is 0.939. The van der Waals surface area contributed by atoms with Gasteiger partial charge >= 0.3 is 5.91 Å². The molecule has 2 aromatic heterocycles. The number of rotatable bonds is 2. The van der Waals surface area contributed by atoms with E-state index in [9.17, 15) is 4.79 Å². The molecule has 21 heavy (non-hydrogen) atoms. The molecule has 3 rings (SSSR count). The summed E-state index contributed by atoms with van der Waals surface area (Å²) in [4.78, 5) is 16.8. The molecule has 0 aliphatic rings. The third kappa shape index (κ3) is 2.47. The van der Waals surface area contributed by atoms with Crippen LogP contribution in [0.15, 0.2) is 33.8 Å². The monoisotopic (exact) mass is 303 g/mol. The van der Waals surface area contributed by atoms with Gasteiger partial charge in [0.1, 0.15) is 11.5 Å². The molecule has 0 aliphatic heterocycles. The van der Waals surface area contributed by atoms with Crippen LogP contribution >= 0.6 is 11.3 Å². The number of benzene rings is 1. The minimum absolute atomic E-state index is 0.211. The Kier molecular flexibility index (Phi) is 3.34. The standard InChI is InChI=1S/C14H13N3O3S/c1-8-6-10(16-20-8)13(18)15-14-17(2)11-5-4-9(19-3)7-12(11)21-14/h4-7H,1-3H3. The Hall–Kier alpha value is -2.41. The number of carbonyl (C=O) groups excluding carboxylic acids is 1. The summed E-state index contributed by atoms with van der Waals surface area (Å²) in [6.45, 7) is 1.73. The number of aromatic nitrogens is 2. The summed E-state index contributed by atoms with van der Waals surface area (Å²) >= 11 is 1.42. The van der Waals surface area contributed by atoms with Crippen LogP contribution in [0.2, 0.25) is 0 Å². The second kappa shape index (κ2) is 5.17. The van der Waals surface area contributed by atoms with Gasteiger partial charge in [-0.05, 0) is 25.1 Å². The highest BCUT2D eigenvalue weighted by molar-refractivity contribution is 7.16. The average Bonchev–Trinajstić information content (AvgIpc) is 3.03. The van der Waals surface area contributed by atoms with E-state index < -0.39 is 5.91 Å². The third-order valence-electron chi connectivity index (χ3n) is 3.06. The van der Waals surface area contributed by atoms with Crippen molar-refractivity contribution in [2.24, 2.45) is 12.0 Å². The molecule has 0 saturated heterocycles. The maximum atomic E-state index is 12.1. The van der Waals surface area contributed by atoms with E-state index in [1.807, 2.05) is 29.8 Å². The van der Waals surface area contributed by atoms with E-state index in [0.717, 1.165) is 16.0 Å². The largest absolute Gasteiger partial charge is 0.497 e. The quantitative estimate of drug-likeness (QED) is 0.728. The molecule has 1 aromatic carbocycles. The first kappa shape index (κ1) is 13.6. The normalized spacial score (nSPS) is 12.0. The van der Waals surface area contributed by atoms with Gasteiger partial charge in [0.2, 0.25) is 0 Å². The van der Waals surface area contributed by atoms with Gasteiger partial charge in [-0.1, -0.05) is 16.5 Å². The first-order valence-corrected chi connectivity index (χ1v) is 7.06. The molecule has 3 aromatic rings. The number of nitrogens with zero attached hydrogens (tertiary/aromatic N) is 3. The molecule has 7 heteroatoms. The average molecular weight is 303 g/mol. The van der Waals surface area contributed by atoms with Crippen molar-refractivity contribution < 1.29 is 14.1 Å². The van der Waals surface area contributed by atoms with Crippen molar-refractivity contribution in [3.8, 4) is 5.75 Å². The van der Waals surface area contributed by atoms with E-state index in [1.165, 1.54) is 11.3 Å². The Bertz CT molecular complexity index is 888. The number of amides is 1. The fourth-order valence-electron chi connectivity index (χ4n) is 1.96. The minimum Gasteiger partial charge on any atom is -0.497 e. The van der Waals surface area contributed by atoms with Gasteiger partial charge in [-0.25, -0.2) is 0 Å². The molecule has 0 spiro atoms. The molecule has 0 bridgehead atoms.